The summed E-state index contributed by atoms with van der Waals surface area (Å²) in [5.41, 5.74) is 3.65. The summed E-state index contributed by atoms with van der Waals surface area (Å²) in [7, 11) is 0. The van der Waals surface area contributed by atoms with Gasteiger partial charge in [0.2, 0.25) is 5.89 Å². The van der Waals surface area contributed by atoms with Gasteiger partial charge >= 0.3 is 0 Å². The predicted octanol–water partition coefficient (Wildman–Crippen LogP) is 2.70. The predicted molar refractivity (Wildman–Crippen MR) is 76.5 cm³/mol. The van der Waals surface area contributed by atoms with Crippen LogP contribution in [0.4, 0.5) is 0 Å². The summed E-state index contributed by atoms with van der Waals surface area (Å²) >= 11 is 0. The normalized spacial score (nSPS) is 18.0. The molecule has 0 radical (unpaired) electrons. The standard InChI is InChI=1S/C16H20N2O2/c1-11-12(2)20-16(18-11)10-17-9-15-14-6-4-3-5-13(14)7-8-19-15/h3-6,15,17H,7-10H2,1-2H3. The third kappa shape index (κ3) is 2.76. The molecule has 4 nitrogen and oxygen atoms in total. The quantitative estimate of drug-likeness (QED) is 0.929. The summed E-state index contributed by atoms with van der Waals surface area (Å²) in [4.78, 5) is 4.37. The van der Waals surface area contributed by atoms with Gasteiger partial charge in [0.05, 0.1) is 24.9 Å². The number of aryl methyl sites for hydroxylation is 2. The largest absolute Gasteiger partial charge is 0.444 e. The molecule has 0 saturated heterocycles. The van der Waals surface area contributed by atoms with Crippen molar-refractivity contribution in [3.8, 4) is 0 Å². The van der Waals surface area contributed by atoms with Gasteiger partial charge in [0, 0.05) is 6.54 Å². The molecule has 20 heavy (non-hydrogen) atoms. The van der Waals surface area contributed by atoms with Gasteiger partial charge in [-0.3, -0.25) is 0 Å². The first-order valence-corrected chi connectivity index (χ1v) is 7.07. The van der Waals surface area contributed by atoms with E-state index in [1.807, 2.05) is 13.8 Å². The van der Waals surface area contributed by atoms with E-state index in [9.17, 15) is 0 Å². The minimum atomic E-state index is 0.122. The first-order chi connectivity index (χ1) is 9.74. The minimum Gasteiger partial charge on any atom is -0.444 e. The first-order valence-electron chi connectivity index (χ1n) is 7.07. The smallest absolute Gasteiger partial charge is 0.208 e. The number of aromatic nitrogens is 1. The molecule has 106 valence electrons. The van der Waals surface area contributed by atoms with E-state index < -0.39 is 0 Å². The fourth-order valence-electron chi connectivity index (χ4n) is 2.57. The number of fused-ring (bicyclic) bond motifs is 1. The molecule has 1 aliphatic heterocycles. The highest BCUT2D eigenvalue weighted by Gasteiger charge is 2.20. The number of benzene rings is 1. The molecule has 0 bridgehead atoms. The first kappa shape index (κ1) is 13.3. The Kier molecular flexibility index (Phi) is 3.85. The summed E-state index contributed by atoms with van der Waals surface area (Å²) in [6, 6.07) is 8.50. The van der Waals surface area contributed by atoms with Crippen LogP contribution in [-0.4, -0.2) is 18.1 Å². The molecule has 0 aliphatic carbocycles. The van der Waals surface area contributed by atoms with Gasteiger partial charge in [-0.2, -0.15) is 0 Å². The van der Waals surface area contributed by atoms with Crippen LogP contribution in [0.25, 0.3) is 0 Å². The van der Waals surface area contributed by atoms with Crippen LogP contribution in [0.1, 0.15) is 34.6 Å². The molecule has 0 saturated carbocycles. The van der Waals surface area contributed by atoms with Crippen molar-refractivity contribution in [1.29, 1.82) is 0 Å². The maximum atomic E-state index is 5.86. The van der Waals surface area contributed by atoms with Crippen molar-refractivity contribution < 1.29 is 9.15 Å². The third-order valence-corrected chi connectivity index (χ3v) is 3.77. The Balaban J connectivity index is 1.59. The van der Waals surface area contributed by atoms with E-state index in [1.54, 1.807) is 0 Å². The number of oxazole rings is 1. The van der Waals surface area contributed by atoms with Crippen LogP contribution in [0.2, 0.25) is 0 Å². The molecule has 1 aliphatic rings. The number of ether oxygens (including phenoxy) is 1. The lowest BCUT2D eigenvalue weighted by Gasteiger charge is -2.26. The van der Waals surface area contributed by atoms with Crippen LogP contribution in [0.3, 0.4) is 0 Å². The molecule has 1 unspecified atom stereocenters. The summed E-state index contributed by atoms with van der Waals surface area (Å²) in [6.07, 6.45) is 1.13. The molecule has 2 heterocycles. The zero-order valence-electron chi connectivity index (χ0n) is 12.0. The maximum absolute atomic E-state index is 5.86. The third-order valence-electron chi connectivity index (χ3n) is 3.77. The van der Waals surface area contributed by atoms with Crippen molar-refractivity contribution in [2.75, 3.05) is 13.2 Å². The highest BCUT2D eigenvalue weighted by atomic mass is 16.5. The number of nitrogens with zero attached hydrogens (tertiary/aromatic N) is 1. The van der Waals surface area contributed by atoms with Gasteiger partial charge < -0.3 is 14.5 Å². The molecule has 2 aromatic rings. The zero-order chi connectivity index (χ0) is 13.9. The van der Waals surface area contributed by atoms with Crippen LogP contribution in [0.15, 0.2) is 28.7 Å². The van der Waals surface area contributed by atoms with Crippen molar-refractivity contribution >= 4 is 0 Å². The average Bonchev–Trinajstić information content (AvgIpc) is 2.78. The van der Waals surface area contributed by atoms with E-state index >= 15 is 0 Å². The van der Waals surface area contributed by atoms with Crippen molar-refractivity contribution in [2.45, 2.75) is 32.9 Å². The van der Waals surface area contributed by atoms with Crippen molar-refractivity contribution in [3.63, 3.8) is 0 Å². The van der Waals surface area contributed by atoms with E-state index in [2.05, 4.69) is 34.6 Å². The van der Waals surface area contributed by atoms with Gasteiger partial charge in [0.15, 0.2) is 0 Å². The van der Waals surface area contributed by atoms with Crippen LogP contribution < -0.4 is 5.32 Å². The lowest BCUT2D eigenvalue weighted by molar-refractivity contribution is 0.0420. The molecule has 3 rings (SSSR count). The number of nitrogens with one attached hydrogen (secondary N) is 1. The van der Waals surface area contributed by atoms with Gasteiger partial charge in [0.25, 0.3) is 0 Å². The Labute approximate surface area is 119 Å². The monoisotopic (exact) mass is 272 g/mol. The van der Waals surface area contributed by atoms with E-state index in [-0.39, 0.29) is 6.10 Å². The summed E-state index contributed by atoms with van der Waals surface area (Å²) in [5, 5.41) is 3.37. The van der Waals surface area contributed by atoms with E-state index in [0.717, 1.165) is 36.9 Å². The van der Waals surface area contributed by atoms with Crippen LogP contribution >= 0.6 is 0 Å². The minimum absolute atomic E-state index is 0.122. The average molecular weight is 272 g/mol. The van der Waals surface area contributed by atoms with E-state index in [1.165, 1.54) is 11.1 Å². The van der Waals surface area contributed by atoms with Gasteiger partial charge in [0.1, 0.15) is 5.76 Å². The Bertz CT molecular complexity index is 572. The number of rotatable bonds is 4. The fraction of sp³-hybridized carbons (Fsp3) is 0.438. The summed E-state index contributed by atoms with van der Waals surface area (Å²) in [6.45, 7) is 6.10. The van der Waals surface area contributed by atoms with Gasteiger partial charge in [-0.15, -0.1) is 0 Å². The lowest BCUT2D eigenvalue weighted by atomic mass is 9.97. The molecule has 0 fully saturated rings. The Hall–Kier alpha value is -1.65. The van der Waals surface area contributed by atoms with Crippen molar-refractivity contribution in [3.05, 3.63) is 52.7 Å². The van der Waals surface area contributed by atoms with Gasteiger partial charge in [-0.1, -0.05) is 24.3 Å². The summed E-state index contributed by atoms with van der Waals surface area (Å²) < 4.78 is 11.4. The number of hydrogen-bond donors (Lipinski definition) is 1. The number of hydrogen-bond acceptors (Lipinski definition) is 4. The topological polar surface area (TPSA) is 47.3 Å². The van der Waals surface area contributed by atoms with E-state index in [4.69, 9.17) is 9.15 Å². The molecule has 0 spiro atoms. The second-order valence-corrected chi connectivity index (χ2v) is 5.19. The maximum Gasteiger partial charge on any atom is 0.208 e. The SMILES string of the molecule is Cc1nc(CNCC2OCCc3ccccc32)oc1C. The fourth-order valence-corrected chi connectivity index (χ4v) is 2.57. The van der Waals surface area contributed by atoms with Gasteiger partial charge in [-0.05, 0) is 31.4 Å². The molecular formula is C16H20N2O2. The molecular weight excluding hydrogens is 252 g/mol. The highest BCUT2D eigenvalue weighted by Crippen LogP contribution is 2.26. The zero-order valence-corrected chi connectivity index (χ0v) is 12.0. The second-order valence-electron chi connectivity index (χ2n) is 5.19. The van der Waals surface area contributed by atoms with Crippen molar-refractivity contribution in [2.24, 2.45) is 0 Å². The molecule has 0 amide bonds. The van der Waals surface area contributed by atoms with E-state index in [0.29, 0.717) is 6.54 Å². The molecule has 1 aromatic carbocycles. The Morgan fingerprint density at radius 3 is 2.95 bits per heavy atom. The Morgan fingerprint density at radius 1 is 1.30 bits per heavy atom. The van der Waals surface area contributed by atoms with Crippen LogP contribution in [-0.2, 0) is 17.7 Å². The van der Waals surface area contributed by atoms with Gasteiger partial charge in [-0.25, -0.2) is 4.98 Å². The van der Waals surface area contributed by atoms with Crippen LogP contribution in [0.5, 0.6) is 0 Å². The highest BCUT2D eigenvalue weighted by molar-refractivity contribution is 5.31. The molecule has 1 atom stereocenters. The lowest BCUT2D eigenvalue weighted by Crippen LogP contribution is -2.27. The molecule has 1 N–H and O–H groups in total. The molecule has 1 aromatic heterocycles. The van der Waals surface area contributed by atoms with Crippen molar-refractivity contribution in [1.82, 2.24) is 10.3 Å². The molecule has 4 heteroatoms. The van der Waals surface area contributed by atoms with Crippen LogP contribution in [0, 0.1) is 13.8 Å². The Morgan fingerprint density at radius 2 is 2.15 bits per heavy atom. The second kappa shape index (κ2) is 5.77. The summed E-state index contributed by atoms with van der Waals surface area (Å²) in [5.74, 6) is 1.63.